The standard InChI is InChI=1S/C17H28N2O7S/c1-16(2)10-25-17(3,4)26-12(16)13(21)19-7-6-11(20)18-8-9-27-15(23)14(22)24-5/h12H,6-10H2,1-5H3,(H,18,20)(H,19,21)/t12-/m0/s1. The normalized spacial score (nSPS) is 20.4. The second kappa shape index (κ2) is 10.0. The van der Waals surface area contributed by atoms with Gasteiger partial charge < -0.3 is 24.8 Å². The number of carbonyl (C=O) groups is 4. The molecule has 1 saturated heterocycles. The van der Waals surface area contributed by atoms with Gasteiger partial charge in [0.05, 0.1) is 13.7 Å². The zero-order chi connectivity index (χ0) is 20.7. The highest BCUT2D eigenvalue weighted by Crippen LogP contribution is 2.34. The van der Waals surface area contributed by atoms with Crippen LogP contribution in [0.3, 0.4) is 0 Å². The van der Waals surface area contributed by atoms with Gasteiger partial charge in [-0.2, -0.15) is 0 Å². The molecular weight excluding hydrogens is 376 g/mol. The van der Waals surface area contributed by atoms with E-state index in [1.807, 2.05) is 13.8 Å². The molecule has 1 atom stereocenters. The minimum Gasteiger partial charge on any atom is -0.463 e. The number of rotatable bonds is 7. The van der Waals surface area contributed by atoms with Crippen LogP contribution in [0, 0.1) is 5.41 Å². The molecule has 0 saturated carbocycles. The largest absolute Gasteiger partial charge is 0.463 e. The summed E-state index contributed by atoms with van der Waals surface area (Å²) in [4.78, 5) is 46.3. The molecular formula is C17H28N2O7S. The molecule has 0 aromatic rings. The van der Waals surface area contributed by atoms with E-state index in [2.05, 4.69) is 15.4 Å². The first-order chi connectivity index (χ1) is 12.5. The van der Waals surface area contributed by atoms with Crippen molar-refractivity contribution < 1.29 is 33.4 Å². The molecule has 0 aromatic heterocycles. The van der Waals surface area contributed by atoms with Crippen LogP contribution in [0.5, 0.6) is 0 Å². The molecule has 154 valence electrons. The molecule has 9 nitrogen and oxygen atoms in total. The fourth-order valence-corrected chi connectivity index (χ4v) is 2.87. The van der Waals surface area contributed by atoms with Gasteiger partial charge in [-0.05, 0) is 13.8 Å². The molecule has 0 unspecified atom stereocenters. The summed E-state index contributed by atoms with van der Waals surface area (Å²) in [6.45, 7) is 8.04. The first-order valence-electron chi connectivity index (χ1n) is 8.60. The van der Waals surface area contributed by atoms with Crippen LogP contribution in [0.15, 0.2) is 0 Å². The molecule has 10 heteroatoms. The number of thioether (sulfide) groups is 1. The van der Waals surface area contributed by atoms with Gasteiger partial charge in [-0.1, -0.05) is 25.6 Å². The zero-order valence-corrected chi connectivity index (χ0v) is 17.2. The van der Waals surface area contributed by atoms with Crippen LogP contribution in [-0.4, -0.2) is 67.3 Å². The molecule has 27 heavy (non-hydrogen) atoms. The van der Waals surface area contributed by atoms with Crippen LogP contribution in [0.1, 0.15) is 34.1 Å². The van der Waals surface area contributed by atoms with Crippen molar-refractivity contribution in [1.29, 1.82) is 0 Å². The van der Waals surface area contributed by atoms with E-state index in [1.54, 1.807) is 13.8 Å². The van der Waals surface area contributed by atoms with E-state index in [4.69, 9.17) is 9.47 Å². The Kier molecular flexibility index (Phi) is 8.70. The van der Waals surface area contributed by atoms with Crippen LogP contribution in [0.25, 0.3) is 0 Å². The fourth-order valence-electron chi connectivity index (χ4n) is 2.28. The SMILES string of the molecule is COC(=O)C(=O)SCCNC(=O)CCNC(=O)[C@@H]1OC(C)(C)OCC1(C)C. The Hall–Kier alpha value is -1.65. The zero-order valence-electron chi connectivity index (χ0n) is 16.4. The summed E-state index contributed by atoms with van der Waals surface area (Å²) in [5, 5.41) is 4.61. The quantitative estimate of drug-likeness (QED) is 0.351. The average Bonchev–Trinajstić information content (AvgIpc) is 2.60. The van der Waals surface area contributed by atoms with E-state index in [0.29, 0.717) is 6.61 Å². The Morgan fingerprint density at radius 3 is 2.41 bits per heavy atom. The number of carbonyl (C=O) groups excluding carboxylic acids is 4. The summed E-state index contributed by atoms with van der Waals surface area (Å²) in [6.07, 6.45) is -0.584. The van der Waals surface area contributed by atoms with Gasteiger partial charge in [0.15, 0.2) is 5.79 Å². The Balaban J connectivity index is 2.27. The van der Waals surface area contributed by atoms with E-state index in [9.17, 15) is 19.2 Å². The van der Waals surface area contributed by atoms with Gasteiger partial charge in [0, 0.05) is 30.7 Å². The van der Waals surface area contributed by atoms with Crippen molar-refractivity contribution in [3.63, 3.8) is 0 Å². The van der Waals surface area contributed by atoms with E-state index in [0.717, 1.165) is 18.9 Å². The molecule has 1 aliphatic rings. The van der Waals surface area contributed by atoms with Gasteiger partial charge in [0.1, 0.15) is 6.10 Å². The van der Waals surface area contributed by atoms with Gasteiger partial charge in [-0.3, -0.25) is 14.4 Å². The number of esters is 1. The molecule has 0 radical (unpaired) electrons. The molecule has 2 N–H and O–H groups in total. The maximum absolute atomic E-state index is 12.4. The van der Waals surface area contributed by atoms with E-state index < -0.39 is 28.4 Å². The molecule has 1 rings (SSSR count). The summed E-state index contributed by atoms with van der Waals surface area (Å²) in [5.41, 5.74) is -0.481. The number of amides is 2. The molecule has 2 amide bonds. The molecule has 0 spiro atoms. The third-order valence-corrected chi connectivity index (χ3v) is 4.64. The lowest BCUT2D eigenvalue weighted by Crippen LogP contribution is -2.56. The predicted molar refractivity (Wildman–Crippen MR) is 98.8 cm³/mol. The molecule has 1 aliphatic heterocycles. The van der Waals surface area contributed by atoms with Gasteiger partial charge in [-0.25, -0.2) is 4.79 Å². The second-order valence-corrected chi connectivity index (χ2v) is 8.26. The van der Waals surface area contributed by atoms with E-state index in [1.165, 1.54) is 0 Å². The van der Waals surface area contributed by atoms with Crippen molar-refractivity contribution in [2.45, 2.75) is 46.0 Å². The van der Waals surface area contributed by atoms with Crippen LogP contribution in [-0.2, 0) is 33.4 Å². The molecule has 1 fully saturated rings. The van der Waals surface area contributed by atoms with Crippen LogP contribution in [0.2, 0.25) is 0 Å². The lowest BCUT2D eigenvalue weighted by Gasteiger charge is -2.44. The number of methoxy groups -OCH3 is 1. The lowest BCUT2D eigenvalue weighted by molar-refractivity contribution is -0.304. The highest BCUT2D eigenvalue weighted by atomic mass is 32.2. The summed E-state index contributed by atoms with van der Waals surface area (Å²) in [5.74, 6) is -2.06. The third kappa shape index (κ3) is 7.86. The van der Waals surface area contributed by atoms with E-state index >= 15 is 0 Å². The van der Waals surface area contributed by atoms with Crippen LogP contribution >= 0.6 is 11.8 Å². The maximum atomic E-state index is 12.4. The van der Waals surface area contributed by atoms with Crippen molar-refractivity contribution >= 4 is 34.7 Å². The summed E-state index contributed by atoms with van der Waals surface area (Å²) >= 11 is 0.772. The summed E-state index contributed by atoms with van der Waals surface area (Å²) < 4.78 is 15.6. The highest BCUT2D eigenvalue weighted by molar-refractivity contribution is 8.15. The molecule has 0 aliphatic carbocycles. The summed E-state index contributed by atoms with van der Waals surface area (Å²) in [6, 6.07) is 0. The molecule has 0 aromatic carbocycles. The number of hydrogen-bond donors (Lipinski definition) is 2. The number of nitrogens with one attached hydrogen (secondary N) is 2. The average molecular weight is 404 g/mol. The van der Waals surface area contributed by atoms with Crippen LogP contribution in [0.4, 0.5) is 0 Å². The Morgan fingerprint density at radius 1 is 1.11 bits per heavy atom. The van der Waals surface area contributed by atoms with Gasteiger partial charge in [-0.15, -0.1) is 0 Å². The number of ether oxygens (including phenoxy) is 3. The van der Waals surface area contributed by atoms with Crippen LogP contribution < -0.4 is 10.6 Å². The van der Waals surface area contributed by atoms with Crippen molar-refractivity contribution in [1.82, 2.24) is 10.6 Å². The predicted octanol–water partition coefficient (Wildman–Crippen LogP) is 0.219. The monoisotopic (exact) mass is 404 g/mol. The van der Waals surface area contributed by atoms with Crippen molar-refractivity contribution in [3.05, 3.63) is 0 Å². The van der Waals surface area contributed by atoms with Gasteiger partial charge in [0.25, 0.3) is 5.12 Å². The van der Waals surface area contributed by atoms with E-state index in [-0.39, 0.29) is 37.1 Å². The smallest absolute Gasteiger partial charge is 0.385 e. The molecule has 0 bridgehead atoms. The number of hydrogen-bond acceptors (Lipinski definition) is 8. The topological polar surface area (TPSA) is 120 Å². The Bertz CT molecular complexity index is 578. The lowest BCUT2D eigenvalue weighted by atomic mass is 9.85. The van der Waals surface area contributed by atoms with Gasteiger partial charge >= 0.3 is 5.97 Å². The highest BCUT2D eigenvalue weighted by Gasteiger charge is 2.45. The van der Waals surface area contributed by atoms with Crippen molar-refractivity contribution in [3.8, 4) is 0 Å². The second-order valence-electron chi connectivity index (χ2n) is 7.19. The van der Waals surface area contributed by atoms with Gasteiger partial charge in [0.2, 0.25) is 11.8 Å². The van der Waals surface area contributed by atoms with Crippen molar-refractivity contribution in [2.24, 2.45) is 5.41 Å². The Morgan fingerprint density at radius 2 is 1.78 bits per heavy atom. The minimum absolute atomic E-state index is 0.0917. The summed E-state index contributed by atoms with van der Waals surface area (Å²) in [7, 11) is 1.13. The third-order valence-electron chi connectivity index (χ3n) is 3.80. The first-order valence-corrected chi connectivity index (χ1v) is 9.58. The Labute approximate surface area is 163 Å². The maximum Gasteiger partial charge on any atom is 0.385 e. The van der Waals surface area contributed by atoms with Crippen molar-refractivity contribution in [2.75, 3.05) is 32.6 Å². The fraction of sp³-hybridized carbons (Fsp3) is 0.765. The first kappa shape index (κ1) is 23.4. The minimum atomic E-state index is -0.921. The molecule has 1 heterocycles.